The number of rotatable bonds is 11. The molecule has 46 heavy (non-hydrogen) atoms. The maximum absolute atomic E-state index is 14.4. The maximum Gasteiger partial charge on any atom is 0.337 e. The third-order valence-corrected chi connectivity index (χ3v) is 8.71. The monoisotopic (exact) mass is 628 g/mol. The molecule has 4 heterocycles. The van der Waals surface area contributed by atoms with Crippen LogP contribution in [0.2, 0.25) is 0 Å². The van der Waals surface area contributed by atoms with Gasteiger partial charge in [0, 0.05) is 45.0 Å². The minimum absolute atomic E-state index is 0.00613. The first-order valence-corrected chi connectivity index (χ1v) is 15.3. The van der Waals surface area contributed by atoms with E-state index in [0.717, 1.165) is 42.2 Å². The predicted octanol–water partition coefficient (Wildman–Crippen LogP) is 5.17. The second-order valence-corrected chi connectivity index (χ2v) is 11.5. The Morgan fingerprint density at radius 3 is 2.72 bits per heavy atom. The van der Waals surface area contributed by atoms with Crippen molar-refractivity contribution in [2.45, 2.75) is 44.7 Å². The van der Waals surface area contributed by atoms with E-state index < -0.39 is 5.82 Å². The van der Waals surface area contributed by atoms with Crippen LogP contribution in [0.4, 0.5) is 15.9 Å². The smallest absolute Gasteiger partial charge is 0.337 e. The fraction of sp³-hybridized carbons (Fsp3) is 0.412. The number of methoxy groups -OCH3 is 2. The molecule has 0 N–H and O–H groups in total. The Kier molecular flexibility index (Phi) is 9.44. The number of hydrogen-bond donors (Lipinski definition) is 0. The van der Waals surface area contributed by atoms with Crippen molar-refractivity contribution >= 4 is 28.5 Å². The topological polar surface area (TPSA) is 95.5 Å². The molecule has 0 saturated carbocycles. The van der Waals surface area contributed by atoms with E-state index in [-0.39, 0.29) is 36.5 Å². The quantitative estimate of drug-likeness (QED) is 0.165. The lowest BCUT2D eigenvalue weighted by Gasteiger charge is -2.44. The van der Waals surface area contributed by atoms with Gasteiger partial charge in [0.1, 0.15) is 24.1 Å². The van der Waals surface area contributed by atoms with Crippen LogP contribution in [0.3, 0.4) is 0 Å². The van der Waals surface area contributed by atoms with Gasteiger partial charge >= 0.3 is 5.97 Å². The van der Waals surface area contributed by atoms with Gasteiger partial charge in [0.2, 0.25) is 5.88 Å². The molecular formula is C34H37FN6O5. The van der Waals surface area contributed by atoms with E-state index in [1.807, 2.05) is 24.3 Å². The Hall–Kier alpha value is -4.57. The summed E-state index contributed by atoms with van der Waals surface area (Å²) in [6, 6.07) is 15.4. The number of piperazine rings is 1. The molecule has 0 unspecified atom stereocenters. The van der Waals surface area contributed by atoms with Crippen molar-refractivity contribution in [1.82, 2.24) is 19.4 Å². The molecule has 6 rings (SSSR count). The zero-order valence-corrected chi connectivity index (χ0v) is 26.2. The van der Waals surface area contributed by atoms with Crippen LogP contribution in [0.1, 0.15) is 41.1 Å². The number of benzene rings is 2. The fourth-order valence-electron chi connectivity index (χ4n) is 6.14. The van der Waals surface area contributed by atoms with Crippen LogP contribution in [0, 0.1) is 12.4 Å². The molecule has 4 aromatic rings. The summed E-state index contributed by atoms with van der Waals surface area (Å²) in [6.07, 6.45) is 1.08. The van der Waals surface area contributed by atoms with Crippen molar-refractivity contribution in [1.29, 1.82) is 0 Å². The highest BCUT2D eigenvalue weighted by atomic mass is 19.1. The van der Waals surface area contributed by atoms with Gasteiger partial charge < -0.3 is 28.4 Å². The zero-order chi connectivity index (χ0) is 32.2. The molecule has 11 nitrogen and oxygen atoms in total. The lowest BCUT2D eigenvalue weighted by atomic mass is 10.1. The first-order valence-electron chi connectivity index (χ1n) is 15.3. The molecule has 0 bridgehead atoms. The van der Waals surface area contributed by atoms with Gasteiger partial charge in [-0.25, -0.2) is 19.0 Å². The number of halogens is 1. The Labute approximate surface area is 267 Å². The van der Waals surface area contributed by atoms with Gasteiger partial charge in [0.15, 0.2) is 5.69 Å². The minimum Gasteiger partial charge on any atom is -0.473 e. The summed E-state index contributed by atoms with van der Waals surface area (Å²) in [4.78, 5) is 30.0. The highest BCUT2D eigenvalue weighted by Gasteiger charge is 2.34. The lowest BCUT2D eigenvalue weighted by molar-refractivity contribution is -0.0596. The van der Waals surface area contributed by atoms with Crippen molar-refractivity contribution in [3.8, 4) is 5.88 Å². The summed E-state index contributed by atoms with van der Waals surface area (Å²) < 4.78 is 38.9. The largest absolute Gasteiger partial charge is 0.473 e. The number of imidazole rings is 1. The van der Waals surface area contributed by atoms with Gasteiger partial charge in [-0.3, -0.25) is 4.90 Å². The predicted molar refractivity (Wildman–Crippen MR) is 170 cm³/mol. The first kappa shape index (κ1) is 31.4. The molecule has 2 aliphatic rings. The number of fused-ring (bicyclic) bond motifs is 1. The van der Waals surface area contributed by atoms with Crippen molar-refractivity contribution in [2.75, 3.05) is 52.0 Å². The zero-order valence-electron chi connectivity index (χ0n) is 26.2. The summed E-state index contributed by atoms with van der Waals surface area (Å²) in [5, 5.41) is 0. The number of esters is 1. The van der Waals surface area contributed by atoms with Crippen molar-refractivity contribution in [2.24, 2.45) is 0 Å². The van der Waals surface area contributed by atoms with Crippen LogP contribution >= 0.6 is 0 Å². The molecular weight excluding hydrogens is 591 g/mol. The van der Waals surface area contributed by atoms with Gasteiger partial charge in [-0.15, -0.1) is 0 Å². The van der Waals surface area contributed by atoms with Crippen LogP contribution < -0.4 is 9.64 Å². The van der Waals surface area contributed by atoms with Crippen LogP contribution in [0.25, 0.3) is 15.9 Å². The molecule has 0 aliphatic carbocycles. The highest BCUT2D eigenvalue weighted by Crippen LogP contribution is 2.31. The van der Waals surface area contributed by atoms with E-state index in [1.165, 1.54) is 13.2 Å². The molecule has 240 valence electrons. The van der Waals surface area contributed by atoms with Crippen LogP contribution in [-0.4, -0.2) is 84.6 Å². The van der Waals surface area contributed by atoms with Gasteiger partial charge in [-0.05, 0) is 43.7 Å². The van der Waals surface area contributed by atoms with Gasteiger partial charge in [0.05, 0.1) is 61.6 Å². The molecule has 0 radical (unpaired) electrons. The molecule has 2 fully saturated rings. The van der Waals surface area contributed by atoms with Crippen LogP contribution in [0.15, 0.2) is 54.6 Å². The third kappa shape index (κ3) is 6.53. The third-order valence-electron chi connectivity index (χ3n) is 8.71. The van der Waals surface area contributed by atoms with E-state index in [1.54, 1.807) is 31.4 Å². The van der Waals surface area contributed by atoms with Crippen molar-refractivity contribution in [3.05, 3.63) is 88.8 Å². The molecule has 2 aliphatic heterocycles. The molecule has 12 heteroatoms. The molecule has 3 atom stereocenters. The normalized spacial score (nSPS) is 19.0. The van der Waals surface area contributed by atoms with Crippen molar-refractivity contribution in [3.63, 3.8) is 0 Å². The molecule has 0 amide bonds. The second-order valence-electron chi connectivity index (χ2n) is 11.5. The molecule has 2 aromatic carbocycles. The average Bonchev–Trinajstić information content (AvgIpc) is 3.42. The summed E-state index contributed by atoms with van der Waals surface area (Å²) in [6.45, 7) is 13.3. The Morgan fingerprint density at radius 2 is 2.00 bits per heavy atom. The van der Waals surface area contributed by atoms with E-state index in [9.17, 15) is 9.18 Å². The maximum atomic E-state index is 14.4. The van der Waals surface area contributed by atoms with Gasteiger partial charge in [-0.2, -0.15) is 4.98 Å². The van der Waals surface area contributed by atoms with E-state index in [0.29, 0.717) is 43.2 Å². The number of ether oxygens (including phenoxy) is 4. The van der Waals surface area contributed by atoms with Gasteiger partial charge in [0.25, 0.3) is 0 Å². The number of carbonyl (C=O) groups is 1. The summed E-state index contributed by atoms with van der Waals surface area (Å²) in [7, 11) is 3.09. The lowest BCUT2D eigenvalue weighted by Crippen LogP contribution is -2.56. The summed E-state index contributed by atoms with van der Waals surface area (Å²) in [5.74, 6) is 1.20. The van der Waals surface area contributed by atoms with E-state index in [2.05, 4.69) is 26.1 Å². The summed E-state index contributed by atoms with van der Waals surface area (Å²) in [5.41, 5.74) is 2.79. The number of anilines is 1. The fourth-order valence-corrected chi connectivity index (χ4v) is 6.14. The average molecular weight is 629 g/mol. The van der Waals surface area contributed by atoms with E-state index in [4.69, 9.17) is 35.5 Å². The number of aromatic nitrogens is 3. The standard InChI is InChI=1S/C34H37FN6O5/c1-22(33-37-29-11-9-23(34(42)44-4)16-30(29)41(33)19-27-12-15-45-27)40-14-13-39(18-26(40)21-43-3)31-6-5-7-32(38-31)46-20-24-8-10-25(36-2)17-28(24)35/h5-11,16-17,22,26-27H,12-15,18-21H2,1,3-4H3/t22-,26+,27-/m0/s1. The Bertz CT molecular complexity index is 1750. The number of hydrogen-bond acceptors (Lipinski definition) is 9. The van der Waals surface area contributed by atoms with Gasteiger partial charge in [-0.1, -0.05) is 18.2 Å². The number of nitrogens with zero attached hydrogens (tertiary/aromatic N) is 6. The number of pyridine rings is 1. The van der Waals surface area contributed by atoms with Crippen LogP contribution in [-0.2, 0) is 27.4 Å². The number of carbonyl (C=O) groups excluding carboxylic acids is 1. The second kappa shape index (κ2) is 13.8. The minimum atomic E-state index is -0.477. The Morgan fingerprint density at radius 1 is 1.15 bits per heavy atom. The SMILES string of the molecule is [C-]#[N+]c1ccc(COc2cccc(N3CCN([C@@H](C)c4nc5ccc(C(=O)OC)cc5n4C[C@@H]4CCO4)[C@@H](COC)C3)n2)c(F)c1. The first-order chi connectivity index (χ1) is 22.4. The summed E-state index contributed by atoms with van der Waals surface area (Å²) >= 11 is 0. The molecule has 2 aromatic heterocycles. The van der Waals surface area contributed by atoms with Crippen LogP contribution in [0.5, 0.6) is 5.88 Å². The highest BCUT2D eigenvalue weighted by molar-refractivity contribution is 5.93. The Balaban J connectivity index is 1.20. The van der Waals surface area contributed by atoms with E-state index >= 15 is 0 Å². The molecule has 2 saturated heterocycles. The molecule has 0 spiro atoms. The van der Waals surface area contributed by atoms with Crippen molar-refractivity contribution < 1.29 is 28.1 Å².